The topological polar surface area (TPSA) is 51.8 Å². The molecule has 1 atom stereocenters. The minimum atomic E-state index is 0.00718. The molecule has 1 heterocycles. The third-order valence-corrected chi connectivity index (χ3v) is 2.04. The fourth-order valence-electron chi connectivity index (χ4n) is 1.25. The van der Waals surface area contributed by atoms with E-state index in [1.54, 1.807) is 12.4 Å². The molecule has 13 heavy (non-hydrogen) atoms. The zero-order valence-electron chi connectivity index (χ0n) is 8.11. The van der Waals surface area contributed by atoms with Gasteiger partial charge in [-0.05, 0) is 12.5 Å². The largest absolute Gasteiger partial charge is 0.321 e. The number of rotatable bonds is 5. The summed E-state index contributed by atoms with van der Waals surface area (Å²) < 4.78 is 0. The van der Waals surface area contributed by atoms with Crippen LogP contribution in [-0.4, -0.2) is 9.97 Å². The highest BCUT2D eigenvalue weighted by molar-refractivity contribution is 4.94. The van der Waals surface area contributed by atoms with Gasteiger partial charge in [-0.15, -0.1) is 0 Å². The first-order chi connectivity index (χ1) is 6.34. The van der Waals surface area contributed by atoms with E-state index in [4.69, 9.17) is 5.73 Å². The first kappa shape index (κ1) is 10.1. The Kier molecular flexibility index (Phi) is 4.40. The van der Waals surface area contributed by atoms with Gasteiger partial charge in [-0.3, -0.25) is 0 Å². The molecular formula is C10H17N3. The van der Waals surface area contributed by atoms with Crippen LogP contribution in [0.3, 0.4) is 0 Å². The summed E-state index contributed by atoms with van der Waals surface area (Å²) in [7, 11) is 0. The van der Waals surface area contributed by atoms with Crippen molar-refractivity contribution in [3.63, 3.8) is 0 Å². The minimum Gasteiger partial charge on any atom is -0.321 e. The van der Waals surface area contributed by atoms with Crippen molar-refractivity contribution in [3.05, 3.63) is 24.3 Å². The van der Waals surface area contributed by atoms with Crippen molar-refractivity contribution in [2.45, 2.75) is 38.6 Å². The standard InChI is InChI=1S/C10H17N3/c1-2-3-4-6-9(11)10-12-7-5-8-13-10/h5,7-9H,2-4,6,11H2,1H3. The summed E-state index contributed by atoms with van der Waals surface area (Å²) in [5.74, 6) is 0.763. The lowest BCUT2D eigenvalue weighted by molar-refractivity contribution is 0.558. The second-order valence-electron chi connectivity index (χ2n) is 3.21. The maximum absolute atomic E-state index is 5.91. The van der Waals surface area contributed by atoms with Crippen molar-refractivity contribution < 1.29 is 0 Å². The molecule has 0 amide bonds. The summed E-state index contributed by atoms with van der Waals surface area (Å²) in [5, 5.41) is 0. The van der Waals surface area contributed by atoms with Crippen LogP contribution >= 0.6 is 0 Å². The molecule has 0 bridgehead atoms. The predicted molar refractivity (Wildman–Crippen MR) is 53.1 cm³/mol. The molecule has 0 saturated heterocycles. The number of aromatic nitrogens is 2. The smallest absolute Gasteiger partial charge is 0.144 e. The van der Waals surface area contributed by atoms with Gasteiger partial charge in [0.2, 0.25) is 0 Å². The third kappa shape index (κ3) is 3.51. The summed E-state index contributed by atoms with van der Waals surface area (Å²) in [4.78, 5) is 8.24. The SMILES string of the molecule is CCCCCC(N)c1ncccn1. The van der Waals surface area contributed by atoms with E-state index in [0.717, 1.165) is 18.7 Å². The van der Waals surface area contributed by atoms with E-state index in [-0.39, 0.29) is 6.04 Å². The molecule has 0 radical (unpaired) electrons. The lowest BCUT2D eigenvalue weighted by Crippen LogP contribution is -2.13. The molecule has 72 valence electrons. The maximum atomic E-state index is 5.91. The molecule has 0 saturated carbocycles. The van der Waals surface area contributed by atoms with Crippen LogP contribution < -0.4 is 5.73 Å². The van der Waals surface area contributed by atoms with Gasteiger partial charge in [0.05, 0.1) is 6.04 Å². The van der Waals surface area contributed by atoms with Gasteiger partial charge < -0.3 is 5.73 Å². The summed E-state index contributed by atoms with van der Waals surface area (Å²) >= 11 is 0. The second kappa shape index (κ2) is 5.65. The van der Waals surface area contributed by atoms with E-state index >= 15 is 0 Å². The summed E-state index contributed by atoms with van der Waals surface area (Å²) in [5.41, 5.74) is 5.91. The van der Waals surface area contributed by atoms with Crippen LogP contribution in [0.4, 0.5) is 0 Å². The van der Waals surface area contributed by atoms with E-state index in [2.05, 4.69) is 16.9 Å². The monoisotopic (exact) mass is 179 g/mol. The summed E-state index contributed by atoms with van der Waals surface area (Å²) in [6.07, 6.45) is 8.08. The Bertz CT molecular complexity index is 223. The van der Waals surface area contributed by atoms with Crippen molar-refractivity contribution in [3.8, 4) is 0 Å². The normalized spacial score (nSPS) is 12.8. The van der Waals surface area contributed by atoms with Crippen LogP contribution in [0, 0.1) is 0 Å². The van der Waals surface area contributed by atoms with Crippen LogP contribution in [0.15, 0.2) is 18.5 Å². The lowest BCUT2D eigenvalue weighted by Gasteiger charge is -2.08. The van der Waals surface area contributed by atoms with Gasteiger partial charge in [0.25, 0.3) is 0 Å². The van der Waals surface area contributed by atoms with Crippen LogP contribution in [0.1, 0.15) is 44.5 Å². The lowest BCUT2D eigenvalue weighted by atomic mass is 10.1. The Labute approximate surface area is 79.4 Å². The Morgan fingerprint density at radius 1 is 1.31 bits per heavy atom. The Hall–Kier alpha value is -0.960. The number of nitrogens with two attached hydrogens (primary N) is 1. The highest BCUT2D eigenvalue weighted by atomic mass is 14.9. The second-order valence-corrected chi connectivity index (χ2v) is 3.21. The highest BCUT2D eigenvalue weighted by Crippen LogP contribution is 2.12. The Morgan fingerprint density at radius 3 is 2.62 bits per heavy atom. The quantitative estimate of drug-likeness (QED) is 0.704. The molecule has 1 rings (SSSR count). The molecule has 1 aromatic heterocycles. The van der Waals surface area contributed by atoms with Crippen LogP contribution in [-0.2, 0) is 0 Å². The average Bonchev–Trinajstić information content (AvgIpc) is 2.19. The van der Waals surface area contributed by atoms with Crippen LogP contribution in [0.25, 0.3) is 0 Å². The molecule has 3 nitrogen and oxygen atoms in total. The number of nitrogens with zero attached hydrogens (tertiary/aromatic N) is 2. The van der Waals surface area contributed by atoms with Crippen molar-refractivity contribution in [2.75, 3.05) is 0 Å². The van der Waals surface area contributed by atoms with Gasteiger partial charge in [0.1, 0.15) is 5.82 Å². The number of hydrogen-bond acceptors (Lipinski definition) is 3. The maximum Gasteiger partial charge on any atom is 0.144 e. The molecule has 1 unspecified atom stereocenters. The Balaban J connectivity index is 2.35. The van der Waals surface area contributed by atoms with E-state index in [1.165, 1.54) is 12.8 Å². The molecule has 2 N–H and O–H groups in total. The molecule has 3 heteroatoms. The van der Waals surface area contributed by atoms with Gasteiger partial charge >= 0.3 is 0 Å². The van der Waals surface area contributed by atoms with Crippen LogP contribution in [0.5, 0.6) is 0 Å². The van der Waals surface area contributed by atoms with Gasteiger partial charge in [-0.2, -0.15) is 0 Å². The molecule has 1 aromatic rings. The molecular weight excluding hydrogens is 162 g/mol. The molecule has 0 spiro atoms. The molecule has 0 aliphatic heterocycles. The van der Waals surface area contributed by atoms with Gasteiger partial charge in [0, 0.05) is 12.4 Å². The number of hydrogen-bond donors (Lipinski definition) is 1. The minimum absolute atomic E-state index is 0.00718. The predicted octanol–water partition coefficient (Wildman–Crippen LogP) is 2.06. The first-order valence-corrected chi connectivity index (χ1v) is 4.87. The van der Waals surface area contributed by atoms with E-state index < -0.39 is 0 Å². The van der Waals surface area contributed by atoms with Crippen molar-refractivity contribution in [1.29, 1.82) is 0 Å². The third-order valence-electron chi connectivity index (χ3n) is 2.04. The zero-order chi connectivity index (χ0) is 9.52. The van der Waals surface area contributed by atoms with E-state index in [1.807, 2.05) is 6.07 Å². The Morgan fingerprint density at radius 2 is 2.00 bits per heavy atom. The van der Waals surface area contributed by atoms with Gasteiger partial charge in [0.15, 0.2) is 0 Å². The molecule has 0 aromatic carbocycles. The van der Waals surface area contributed by atoms with Gasteiger partial charge in [-0.1, -0.05) is 26.2 Å². The highest BCUT2D eigenvalue weighted by Gasteiger charge is 2.06. The molecule has 0 aliphatic rings. The van der Waals surface area contributed by atoms with E-state index in [9.17, 15) is 0 Å². The molecule has 0 fully saturated rings. The zero-order valence-corrected chi connectivity index (χ0v) is 8.11. The number of unbranched alkanes of at least 4 members (excludes halogenated alkanes) is 2. The van der Waals surface area contributed by atoms with Crippen molar-refractivity contribution in [1.82, 2.24) is 9.97 Å². The fraction of sp³-hybridized carbons (Fsp3) is 0.600. The van der Waals surface area contributed by atoms with Gasteiger partial charge in [-0.25, -0.2) is 9.97 Å². The first-order valence-electron chi connectivity index (χ1n) is 4.87. The van der Waals surface area contributed by atoms with E-state index in [0.29, 0.717) is 0 Å². The van der Waals surface area contributed by atoms with Crippen molar-refractivity contribution in [2.24, 2.45) is 5.73 Å². The molecule has 0 aliphatic carbocycles. The van der Waals surface area contributed by atoms with Crippen molar-refractivity contribution >= 4 is 0 Å². The summed E-state index contributed by atoms with van der Waals surface area (Å²) in [6, 6.07) is 1.81. The average molecular weight is 179 g/mol. The fourth-order valence-corrected chi connectivity index (χ4v) is 1.25. The summed E-state index contributed by atoms with van der Waals surface area (Å²) in [6.45, 7) is 2.19. The van der Waals surface area contributed by atoms with Crippen LogP contribution in [0.2, 0.25) is 0 Å².